The number of aromatic nitrogens is 6. The Balaban J connectivity index is 1.80. The average Bonchev–Trinajstić information content (AvgIpc) is 3.24. The number of aryl methyl sites for hydroxylation is 1. The molecule has 0 atom stereocenters. The predicted molar refractivity (Wildman–Crippen MR) is 94.1 cm³/mol. The monoisotopic (exact) mass is 339 g/mol. The van der Waals surface area contributed by atoms with Gasteiger partial charge in [0.15, 0.2) is 5.82 Å². The number of benzene rings is 1. The van der Waals surface area contributed by atoms with Gasteiger partial charge in [0.2, 0.25) is 0 Å². The lowest BCUT2D eigenvalue weighted by Crippen LogP contribution is -2.22. The van der Waals surface area contributed by atoms with Crippen molar-refractivity contribution >= 4 is 11.6 Å². The number of anilines is 1. The van der Waals surface area contributed by atoms with Gasteiger partial charge in [-0.25, -0.2) is 4.68 Å². The summed E-state index contributed by atoms with van der Waals surface area (Å²) < 4.78 is 3.47. The molecule has 0 aliphatic heterocycles. The first kappa shape index (κ1) is 16.8. The Morgan fingerprint density at radius 3 is 2.76 bits per heavy atom. The highest BCUT2D eigenvalue weighted by atomic mass is 16.1. The number of carbonyl (C=O) groups excluding carboxylic acids is 1. The zero-order chi connectivity index (χ0) is 18.0. The topological polar surface area (TPSA) is 90.5 Å². The zero-order valence-electron chi connectivity index (χ0n) is 14.8. The number of hydrogen-bond donors (Lipinski definition) is 1. The molecule has 0 unspecified atom stereocenters. The van der Waals surface area contributed by atoms with Crippen molar-refractivity contribution in [2.45, 2.75) is 39.8 Å². The maximum atomic E-state index is 12.5. The number of hydrogen-bond acceptors (Lipinski definition) is 5. The van der Waals surface area contributed by atoms with E-state index in [-0.39, 0.29) is 11.4 Å². The van der Waals surface area contributed by atoms with Crippen LogP contribution in [0.5, 0.6) is 0 Å². The fourth-order valence-electron chi connectivity index (χ4n) is 2.37. The Labute approximate surface area is 145 Å². The Hall–Kier alpha value is -3.03. The first-order valence-electron chi connectivity index (χ1n) is 8.11. The molecule has 1 aromatic carbocycles. The lowest BCUT2D eigenvalue weighted by atomic mass is 10.1. The minimum atomic E-state index is -0.206. The van der Waals surface area contributed by atoms with Gasteiger partial charge in [0, 0.05) is 24.0 Å². The molecule has 0 aliphatic rings. The highest BCUT2D eigenvalue weighted by molar-refractivity contribution is 6.04. The van der Waals surface area contributed by atoms with E-state index >= 15 is 0 Å². The van der Waals surface area contributed by atoms with Crippen LogP contribution in [0.4, 0.5) is 5.69 Å². The van der Waals surface area contributed by atoms with Crippen molar-refractivity contribution < 1.29 is 4.79 Å². The normalized spacial score (nSPS) is 11.5. The molecule has 2 heterocycles. The summed E-state index contributed by atoms with van der Waals surface area (Å²) in [6.07, 6.45) is 3.32. The van der Waals surface area contributed by atoms with Gasteiger partial charge in [0.1, 0.15) is 0 Å². The van der Waals surface area contributed by atoms with E-state index in [1.54, 1.807) is 21.8 Å². The molecule has 25 heavy (non-hydrogen) atoms. The van der Waals surface area contributed by atoms with Crippen LogP contribution in [0.1, 0.15) is 38.1 Å². The number of carbonyl (C=O) groups is 1. The molecule has 3 rings (SSSR count). The van der Waals surface area contributed by atoms with E-state index in [0.717, 1.165) is 5.56 Å². The summed E-state index contributed by atoms with van der Waals surface area (Å²) in [5.41, 5.74) is 1.86. The molecule has 8 heteroatoms. The lowest BCUT2D eigenvalue weighted by molar-refractivity contribution is 0.102. The summed E-state index contributed by atoms with van der Waals surface area (Å²) in [6.45, 7) is 8.73. The number of tetrazole rings is 1. The number of nitrogens with zero attached hydrogens (tertiary/aromatic N) is 6. The summed E-state index contributed by atoms with van der Waals surface area (Å²) in [4.78, 5) is 12.5. The largest absolute Gasteiger partial charge is 0.322 e. The Bertz CT molecular complexity index is 888. The Morgan fingerprint density at radius 1 is 1.28 bits per heavy atom. The van der Waals surface area contributed by atoms with E-state index in [0.29, 0.717) is 23.6 Å². The lowest BCUT2D eigenvalue weighted by Gasteiger charge is -2.18. The Morgan fingerprint density at radius 2 is 2.08 bits per heavy atom. The van der Waals surface area contributed by atoms with Gasteiger partial charge in [-0.15, -0.1) is 5.10 Å². The molecule has 0 saturated carbocycles. The summed E-state index contributed by atoms with van der Waals surface area (Å²) in [5.74, 6) is 0.460. The van der Waals surface area contributed by atoms with Crippen molar-refractivity contribution in [3.05, 3.63) is 42.2 Å². The van der Waals surface area contributed by atoms with Gasteiger partial charge < -0.3 is 5.32 Å². The number of amides is 1. The standard InChI is InChI=1S/C17H21N7O/c1-5-23-15(20-21-22-23)12-7-6-8-14(9-12)19-16(25)13-10-18-24(11-13)17(2,3)4/h6-11H,5H2,1-4H3,(H,19,25). The fourth-order valence-corrected chi connectivity index (χ4v) is 2.37. The summed E-state index contributed by atoms with van der Waals surface area (Å²) in [6, 6.07) is 7.45. The van der Waals surface area contributed by atoms with Crippen molar-refractivity contribution in [1.29, 1.82) is 0 Å². The van der Waals surface area contributed by atoms with Crippen LogP contribution in [0.15, 0.2) is 36.7 Å². The van der Waals surface area contributed by atoms with Crippen LogP contribution < -0.4 is 5.32 Å². The third-order valence-electron chi connectivity index (χ3n) is 3.74. The smallest absolute Gasteiger partial charge is 0.258 e. The zero-order valence-corrected chi connectivity index (χ0v) is 14.8. The van der Waals surface area contributed by atoms with Gasteiger partial charge in [-0.2, -0.15) is 5.10 Å². The minimum Gasteiger partial charge on any atom is -0.322 e. The SMILES string of the molecule is CCn1nnnc1-c1cccc(NC(=O)c2cnn(C(C)(C)C)c2)c1. The molecule has 0 aliphatic carbocycles. The predicted octanol–water partition coefficient (Wildman–Crippen LogP) is 2.56. The van der Waals surface area contributed by atoms with Crippen molar-refractivity contribution in [2.24, 2.45) is 0 Å². The van der Waals surface area contributed by atoms with Crippen molar-refractivity contribution in [3.63, 3.8) is 0 Å². The van der Waals surface area contributed by atoms with Crippen LogP contribution in [0.3, 0.4) is 0 Å². The van der Waals surface area contributed by atoms with E-state index in [9.17, 15) is 4.79 Å². The van der Waals surface area contributed by atoms with E-state index in [2.05, 4.69) is 25.9 Å². The molecule has 1 N–H and O–H groups in total. The molecule has 0 radical (unpaired) electrons. The Kier molecular flexibility index (Phi) is 4.35. The van der Waals surface area contributed by atoms with E-state index in [4.69, 9.17) is 0 Å². The fraction of sp³-hybridized carbons (Fsp3) is 0.353. The van der Waals surface area contributed by atoms with Gasteiger partial charge in [0.05, 0.1) is 17.3 Å². The van der Waals surface area contributed by atoms with Crippen LogP contribution in [-0.2, 0) is 12.1 Å². The van der Waals surface area contributed by atoms with Gasteiger partial charge >= 0.3 is 0 Å². The molecule has 0 spiro atoms. The highest BCUT2D eigenvalue weighted by Crippen LogP contribution is 2.21. The molecule has 2 aromatic heterocycles. The molecule has 8 nitrogen and oxygen atoms in total. The van der Waals surface area contributed by atoms with Crippen LogP contribution in [0, 0.1) is 0 Å². The molecule has 0 saturated heterocycles. The average molecular weight is 339 g/mol. The first-order chi connectivity index (χ1) is 11.9. The summed E-state index contributed by atoms with van der Waals surface area (Å²) >= 11 is 0. The van der Waals surface area contributed by atoms with E-state index in [1.165, 1.54) is 0 Å². The molecule has 0 bridgehead atoms. The van der Waals surface area contributed by atoms with Crippen molar-refractivity contribution in [2.75, 3.05) is 5.32 Å². The third-order valence-corrected chi connectivity index (χ3v) is 3.74. The molecule has 3 aromatic rings. The van der Waals surface area contributed by atoms with Crippen molar-refractivity contribution in [3.8, 4) is 11.4 Å². The van der Waals surface area contributed by atoms with E-state index in [1.807, 2.05) is 52.0 Å². The van der Waals surface area contributed by atoms with Crippen LogP contribution >= 0.6 is 0 Å². The van der Waals surface area contributed by atoms with Gasteiger partial charge in [-0.05, 0) is 50.3 Å². The number of rotatable bonds is 4. The molecular weight excluding hydrogens is 318 g/mol. The maximum Gasteiger partial charge on any atom is 0.258 e. The molecule has 130 valence electrons. The van der Waals surface area contributed by atoms with Crippen LogP contribution in [0.2, 0.25) is 0 Å². The molecule has 1 amide bonds. The van der Waals surface area contributed by atoms with Crippen LogP contribution in [0.25, 0.3) is 11.4 Å². The second-order valence-corrected chi connectivity index (χ2v) is 6.70. The first-order valence-corrected chi connectivity index (χ1v) is 8.11. The van der Waals surface area contributed by atoms with Gasteiger partial charge in [-0.1, -0.05) is 12.1 Å². The number of nitrogens with one attached hydrogen (secondary N) is 1. The van der Waals surface area contributed by atoms with Crippen LogP contribution in [-0.4, -0.2) is 35.9 Å². The second-order valence-electron chi connectivity index (χ2n) is 6.70. The summed E-state index contributed by atoms with van der Waals surface area (Å²) in [7, 11) is 0. The van der Waals surface area contributed by atoms with Gasteiger partial charge in [0.25, 0.3) is 5.91 Å². The van der Waals surface area contributed by atoms with E-state index < -0.39 is 0 Å². The second kappa shape index (κ2) is 6.46. The van der Waals surface area contributed by atoms with Crippen molar-refractivity contribution in [1.82, 2.24) is 30.0 Å². The highest BCUT2D eigenvalue weighted by Gasteiger charge is 2.17. The minimum absolute atomic E-state index is 0.171. The van der Waals surface area contributed by atoms with Gasteiger partial charge in [-0.3, -0.25) is 9.48 Å². The third kappa shape index (κ3) is 3.57. The summed E-state index contributed by atoms with van der Waals surface area (Å²) in [5, 5.41) is 18.8. The molecule has 0 fully saturated rings. The molecular formula is C17H21N7O. The maximum absolute atomic E-state index is 12.5. The quantitative estimate of drug-likeness (QED) is 0.789.